The van der Waals surface area contributed by atoms with Gasteiger partial charge >= 0.3 is 0 Å². The maximum absolute atomic E-state index is 2.54. The molecular weight excluding hydrogens is 134 g/mol. The number of rotatable bonds is 3. The van der Waals surface area contributed by atoms with Crippen molar-refractivity contribution in [2.75, 3.05) is 13.6 Å². The van der Waals surface area contributed by atoms with Crippen LogP contribution in [0, 0.1) is 5.92 Å². The average molecular weight is 155 g/mol. The molecule has 1 rings (SSSR count). The minimum atomic E-state index is 0.894. The van der Waals surface area contributed by atoms with Crippen LogP contribution in [0.1, 0.15) is 39.5 Å². The van der Waals surface area contributed by atoms with Gasteiger partial charge in [-0.05, 0) is 32.4 Å². The summed E-state index contributed by atoms with van der Waals surface area (Å²) in [5.41, 5.74) is 0. The van der Waals surface area contributed by atoms with Crippen molar-refractivity contribution in [3.05, 3.63) is 0 Å². The van der Waals surface area contributed by atoms with Gasteiger partial charge in [0.05, 0.1) is 0 Å². The molecule has 11 heavy (non-hydrogen) atoms. The van der Waals surface area contributed by atoms with Crippen LogP contribution in [-0.2, 0) is 0 Å². The van der Waals surface area contributed by atoms with Crippen LogP contribution >= 0.6 is 0 Å². The van der Waals surface area contributed by atoms with Gasteiger partial charge in [0.2, 0.25) is 0 Å². The van der Waals surface area contributed by atoms with Crippen LogP contribution in [0.3, 0.4) is 0 Å². The molecule has 1 aliphatic rings. The fraction of sp³-hybridized carbons (Fsp3) is 1.00. The quantitative estimate of drug-likeness (QED) is 0.605. The Morgan fingerprint density at radius 3 is 2.36 bits per heavy atom. The van der Waals surface area contributed by atoms with Crippen LogP contribution in [0.25, 0.3) is 0 Å². The van der Waals surface area contributed by atoms with E-state index in [-0.39, 0.29) is 0 Å². The molecule has 1 aliphatic heterocycles. The molecule has 0 amide bonds. The first-order chi connectivity index (χ1) is 5.29. The number of hydrogen-bond donors (Lipinski definition) is 0. The fourth-order valence-electron chi connectivity index (χ4n) is 2.36. The third kappa shape index (κ3) is 1.96. The first-order valence-electron chi connectivity index (χ1n) is 4.99. The second-order valence-corrected chi connectivity index (χ2v) is 3.77. The lowest BCUT2D eigenvalue weighted by Crippen LogP contribution is -2.31. The van der Waals surface area contributed by atoms with Crippen molar-refractivity contribution in [2.24, 2.45) is 5.92 Å². The Morgan fingerprint density at radius 2 is 2.00 bits per heavy atom. The van der Waals surface area contributed by atoms with Gasteiger partial charge in [0.1, 0.15) is 0 Å². The standard InChI is InChI=1S/C10H21N/c1-4-9(5-2)10-7-6-8-11(10)3/h9-10H,4-8H2,1-3H3. The van der Waals surface area contributed by atoms with Crippen LogP contribution in [0.2, 0.25) is 0 Å². The van der Waals surface area contributed by atoms with Crippen LogP contribution in [-0.4, -0.2) is 24.5 Å². The van der Waals surface area contributed by atoms with Gasteiger partial charge in [0, 0.05) is 6.04 Å². The molecule has 0 aliphatic carbocycles. The number of likely N-dealkylation sites (tertiary alicyclic amines) is 1. The van der Waals surface area contributed by atoms with Crippen LogP contribution in [0.15, 0.2) is 0 Å². The zero-order valence-corrected chi connectivity index (χ0v) is 8.14. The van der Waals surface area contributed by atoms with Gasteiger partial charge in [0.15, 0.2) is 0 Å². The van der Waals surface area contributed by atoms with E-state index in [4.69, 9.17) is 0 Å². The fourth-order valence-corrected chi connectivity index (χ4v) is 2.36. The maximum Gasteiger partial charge on any atom is 0.0121 e. The third-order valence-corrected chi connectivity index (χ3v) is 3.17. The first kappa shape index (κ1) is 9.05. The van der Waals surface area contributed by atoms with E-state index < -0.39 is 0 Å². The molecule has 0 aromatic carbocycles. The molecule has 0 N–H and O–H groups in total. The number of hydrogen-bond acceptors (Lipinski definition) is 1. The molecule has 1 fully saturated rings. The van der Waals surface area contributed by atoms with E-state index in [9.17, 15) is 0 Å². The van der Waals surface area contributed by atoms with Gasteiger partial charge in [-0.2, -0.15) is 0 Å². The van der Waals surface area contributed by atoms with Crippen LogP contribution in [0.4, 0.5) is 0 Å². The molecule has 0 saturated carbocycles. The highest BCUT2D eigenvalue weighted by Crippen LogP contribution is 2.26. The Bertz CT molecular complexity index is 107. The first-order valence-corrected chi connectivity index (χ1v) is 4.99. The summed E-state index contributed by atoms with van der Waals surface area (Å²) in [7, 11) is 2.27. The topological polar surface area (TPSA) is 3.24 Å². The molecule has 0 aromatic heterocycles. The Kier molecular flexibility index (Phi) is 3.38. The minimum absolute atomic E-state index is 0.894. The Morgan fingerprint density at radius 1 is 1.36 bits per heavy atom. The largest absolute Gasteiger partial charge is 0.303 e. The van der Waals surface area contributed by atoms with Gasteiger partial charge in [-0.3, -0.25) is 0 Å². The highest BCUT2D eigenvalue weighted by Gasteiger charge is 2.26. The van der Waals surface area contributed by atoms with E-state index in [0.717, 1.165) is 12.0 Å². The van der Waals surface area contributed by atoms with Crippen LogP contribution < -0.4 is 0 Å². The van der Waals surface area contributed by atoms with Crippen molar-refractivity contribution in [3.63, 3.8) is 0 Å². The number of nitrogens with zero attached hydrogens (tertiary/aromatic N) is 1. The highest BCUT2D eigenvalue weighted by atomic mass is 15.1. The van der Waals surface area contributed by atoms with Crippen molar-refractivity contribution < 1.29 is 0 Å². The normalized spacial score (nSPS) is 26.7. The van der Waals surface area contributed by atoms with E-state index in [1.54, 1.807) is 0 Å². The molecule has 1 atom stereocenters. The predicted octanol–water partition coefficient (Wildman–Crippen LogP) is 2.52. The van der Waals surface area contributed by atoms with E-state index in [1.807, 2.05) is 0 Å². The molecule has 0 aromatic rings. The molecule has 66 valence electrons. The lowest BCUT2D eigenvalue weighted by Gasteiger charge is -2.27. The molecule has 1 saturated heterocycles. The van der Waals surface area contributed by atoms with Gasteiger partial charge in [-0.15, -0.1) is 0 Å². The van der Waals surface area contributed by atoms with Crippen molar-refractivity contribution in [2.45, 2.75) is 45.6 Å². The molecule has 0 radical (unpaired) electrons. The molecule has 1 heterocycles. The third-order valence-electron chi connectivity index (χ3n) is 3.17. The van der Waals surface area contributed by atoms with Gasteiger partial charge in [0.25, 0.3) is 0 Å². The van der Waals surface area contributed by atoms with Gasteiger partial charge in [-0.1, -0.05) is 26.7 Å². The molecular formula is C10H21N. The molecule has 1 nitrogen and oxygen atoms in total. The lowest BCUT2D eigenvalue weighted by molar-refractivity contribution is 0.217. The summed E-state index contributed by atoms with van der Waals surface area (Å²) in [6.07, 6.45) is 5.55. The van der Waals surface area contributed by atoms with Crippen molar-refractivity contribution in [1.82, 2.24) is 4.90 Å². The SMILES string of the molecule is CCC(CC)C1CCCN1C. The van der Waals surface area contributed by atoms with Gasteiger partial charge < -0.3 is 4.90 Å². The second kappa shape index (κ2) is 4.10. The van der Waals surface area contributed by atoms with Crippen molar-refractivity contribution in [1.29, 1.82) is 0 Å². The van der Waals surface area contributed by atoms with Crippen LogP contribution in [0.5, 0.6) is 0 Å². The Hall–Kier alpha value is -0.0400. The summed E-state index contributed by atoms with van der Waals surface area (Å²) >= 11 is 0. The summed E-state index contributed by atoms with van der Waals surface area (Å²) in [6.45, 7) is 5.96. The van der Waals surface area contributed by atoms with Crippen molar-refractivity contribution >= 4 is 0 Å². The zero-order chi connectivity index (χ0) is 8.27. The summed E-state index contributed by atoms with van der Waals surface area (Å²) in [4.78, 5) is 2.54. The zero-order valence-electron chi connectivity index (χ0n) is 8.14. The van der Waals surface area contributed by atoms with E-state index >= 15 is 0 Å². The highest BCUT2D eigenvalue weighted by molar-refractivity contribution is 4.81. The Balaban J connectivity index is 2.43. The summed E-state index contributed by atoms with van der Waals surface area (Å²) in [5, 5.41) is 0. The molecule has 1 heteroatoms. The molecule has 0 bridgehead atoms. The molecule has 1 unspecified atom stereocenters. The van der Waals surface area contributed by atoms with E-state index in [1.165, 1.54) is 32.2 Å². The monoisotopic (exact) mass is 155 g/mol. The summed E-state index contributed by atoms with van der Waals surface area (Å²) in [5.74, 6) is 0.947. The average Bonchev–Trinajstić information content (AvgIpc) is 2.40. The summed E-state index contributed by atoms with van der Waals surface area (Å²) < 4.78 is 0. The van der Waals surface area contributed by atoms with E-state index in [0.29, 0.717) is 0 Å². The minimum Gasteiger partial charge on any atom is -0.303 e. The molecule has 0 spiro atoms. The smallest absolute Gasteiger partial charge is 0.0121 e. The Labute approximate surface area is 70.8 Å². The second-order valence-electron chi connectivity index (χ2n) is 3.77. The van der Waals surface area contributed by atoms with Crippen molar-refractivity contribution in [3.8, 4) is 0 Å². The predicted molar refractivity (Wildman–Crippen MR) is 49.7 cm³/mol. The summed E-state index contributed by atoms with van der Waals surface area (Å²) in [6, 6.07) is 0.894. The van der Waals surface area contributed by atoms with E-state index in [2.05, 4.69) is 25.8 Å². The lowest BCUT2D eigenvalue weighted by atomic mass is 9.93. The van der Waals surface area contributed by atoms with Gasteiger partial charge in [-0.25, -0.2) is 0 Å². The maximum atomic E-state index is 2.54.